The van der Waals surface area contributed by atoms with Crippen LogP contribution in [0.25, 0.3) is 0 Å². The number of esters is 1. The fourth-order valence-corrected chi connectivity index (χ4v) is 2.19. The molecule has 1 aliphatic rings. The van der Waals surface area contributed by atoms with E-state index in [1.165, 1.54) is 7.11 Å². The molecule has 0 spiro atoms. The van der Waals surface area contributed by atoms with Crippen LogP contribution in [-0.2, 0) is 16.1 Å². The minimum Gasteiger partial charge on any atom is -0.468 e. The van der Waals surface area contributed by atoms with E-state index in [2.05, 4.69) is 11.0 Å². The first kappa shape index (κ1) is 13.6. The van der Waals surface area contributed by atoms with Gasteiger partial charge in [-0.3, -0.25) is 9.69 Å². The molecule has 19 heavy (non-hydrogen) atoms. The Morgan fingerprint density at radius 2 is 2.11 bits per heavy atom. The lowest BCUT2D eigenvalue weighted by Crippen LogP contribution is -2.40. The average Bonchev–Trinajstić information content (AvgIpc) is 3.28. The number of hydrogen-bond donors (Lipinski definition) is 0. The zero-order valence-electron chi connectivity index (χ0n) is 11.3. The molecule has 0 unspecified atom stereocenters. The van der Waals surface area contributed by atoms with Crippen molar-refractivity contribution in [2.75, 3.05) is 7.11 Å². The molecule has 0 aliphatic heterocycles. The van der Waals surface area contributed by atoms with E-state index in [1.807, 2.05) is 31.2 Å². The molecule has 0 amide bonds. The third-order valence-electron chi connectivity index (χ3n) is 3.50. The number of methoxy groups -OCH3 is 1. The highest BCUT2D eigenvalue weighted by Crippen LogP contribution is 2.30. The van der Waals surface area contributed by atoms with Crippen LogP contribution in [0.3, 0.4) is 0 Å². The Kier molecular flexibility index (Phi) is 4.18. The van der Waals surface area contributed by atoms with E-state index in [4.69, 9.17) is 10.00 Å². The van der Waals surface area contributed by atoms with E-state index in [-0.39, 0.29) is 12.0 Å². The highest BCUT2D eigenvalue weighted by atomic mass is 16.5. The molecule has 1 aromatic carbocycles. The van der Waals surface area contributed by atoms with Crippen molar-refractivity contribution in [2.45, 2.75) is 38.4 Å². The van der Waals surface area contributed by atoms with Gasteiger partial charge in [0, 0.05) is 12.6 Å². The first-order valence-electron chi connectivity index (χ1n) is 6.48. The lowest BCUT2D eigenvalue weighted by Gasteiger charge is -2.27. The van der Waals surface area contributed by atoms with Gasteiger partial charge in [0.05, 0.1) is 18.7 Å². The van der Waals surface area contributed by atoms with Gasteiger partial charge in [0.1, 0.15) is 6.04 Å². The van der Waals surface area contributed by atoms with Crippen LogP contribution >= 0.6 is 0 Å². The van der Waals surface area contributed by atoms with Gasteiger partial charge >= 0.3 is 5.97 Å². The number of rotatable bonds is 5. The van der Waals surface area contributed by atoms with E-state index in [1.54, 1.807) is 0 Å². The molecule has 0 radical (unpaired) electrons. The van der Waals surface area contributed by atoms with Crippen LogP contribution in [-0.4, -0.2) is 30.1 Å². The summed E-state index contributed by atoms with van der Waals surface area (Å²) in [5.41, 5.74) is 1.77. The molecule has 1 aromatic rings. The van der Waals surface area contributed by atoms with Crippen molar-refractivity contribution < 1.29 is 9.53 Å². The van der Waals surface area contributed by atoms with Gasteiger partial charge in [-0.25, -0.2) is 0 Å². The predicted molar refractivity (Wildman–Crippen MR) is 71.2 cm³/mol. The average molecular weight is 258 g/mol. The van der Waals surface area contributed by atoms with Crippen LogP contribution in [0.1, 0.15) is 30.9 Å². The van der Waals surface area contributed by atoms with Gasteiger partial charge in [0.2, 0.25) is 0 Å². The Labute approximate surface area is 113 Å². The Bertz CT molecular complexity index is 486. The molecule has 100 valence electrons. The van der Waals surface area contributed by atoms with Gasteiger partial charge in [-0.1, -0.05) is 12.1 Å². The maximum absolute atomic E-state index is 11.7. The van der Waals surface area contributed by atoms with Crippen molar-refractivity contribution in [3.8, 4) is 6.07 Å². The summed E-state index contributed by atoms with van der Waals surface area (Å²) in [4.78, 5) is 13.8. The number of hydrogen-bond acceptors (Lipinski definition) is 4. The maximum atomic E-state index is 11.7. The minimum absolute atomic E-state index is 0.194. The highest BCUT2D eigenvalue weighted by Gasteiger charge is 2.35. The van der Waals surface area contributed by atoms with Gasteiger partial charge in [0.15, 0.2) is 0 Å². The summed E-state index contributed by atoms with van der Waals surface area (Å²) in [6.45, 7) is 2.60. The van der Waals surface area contributed by atoms with Crippen molar-refractivity contribution in [1.82, 2.24) is 4.90 Å². The molecule has 1 atom stereocenters. The number of nitriles is 1. The van der Waals surface area contributed by atoms with Crippen LogP contribution in [0.4, 0.5) is 0 Å². The molecular formula is C15H18N2O2. The van der Waals surface area contributed by atoms with E-state index < -0.39 is 0 Å². The molecule has 0 aromatic heterocycles. The van der Waals surface area contributed by atoms with E-state index in [0.717, 1.165) is 18.4 Å². The summed E-state index contributed by atoms with van der Waals surface area (Å²) in [6, 6.07) is 9.86. The van der Waals surface area contributed by atoms with E-state index >= 15 is 0 Å². The van der Waals surface area contributed by atoms with Gasteiger partial charge in [-0.2, -0.15) is 5.26 Å². The number of carbonyl (C=O) groups excluding carboxylic acids is 1. The fraction of sp³-hybridized carbons (Fsp3) is 0.467. The minimum atomic E-state index is -0.229. The maximum Gasteiger partial charge on any atom is 0.322 e. The molecule has 0 saturated heterocycles. The number of ether oxygens (including phenoxy) is 1. The summed E-state index contributed by atoms with van der Waals surface area (Å²) in [7, 11) is 1.42. The number of benzene rings is 1. The third-order valence-corrected chi connectivity index (χ3v) is 3.50. The molecule has 0 heterocycles. The summed E-state index contributed by atoms with van der Waals surface area (Å²) >= 11 is 0. The second-order valence-corrected chi connectivity index (χ2v) is 4.91. The lowest BCUT2D eigenvalue weighted by molar-refractivity contribution is -0.146. The van der Waals surface area contributed by atoms with Crippen LogP contribution in [0, 0.1) is 11.3 Å². The summed E-state index contributed by atoms with van der Waals surface area (Å²) < 4.78 is 4.82. The van der Waals surface area contributed by atoms with Crippen LogP contribution in [0.15, 0.2) is 24.3 Å². The molecule has 0 bridgehead atoms. The summed E-state index contributed by atoms with van der Waals surface area (Å²) in [5, 5.41) is 8.78. The zero-order chi connectivity index (χ0) is 13.8. The monoisotopic (exact) mass is 258 g/mol. The zero-order valence-corrected chi connectivity index (χ0v) is 11.3. The Morgan fingerprint density at radius 3 is 2.58 bits per heavy atom. The molecular weight excluding hydrogens is 240 g/mol. The molecule has 1 aliphatic carbocycles. The molecule has 1 fully saturated rings. The Balaban J connectivity index is 2.08. The van der Waals surface area contributed by atoms with Gasteiger partial charge in [-0.15, -0.1) is 0 Å². The summed E-state index contributed by atoms with van der Waals surface area (Å²) in [6.07, 6.45) is 2.27. The molecule has 1 saturated carbocycles. The van der Waals surface area contributed by atoms with Crippen molar-refractivity contribution in [2.24, 2.45) is 0 Å². The lowest BCUT2D eigenvalue weighted by atomic mass is 10.1. The van der Waals surface area contributed by atoms with Gasteiger partial charge in [-0.05, 0) is 37.5 Å². The molecule has 0 N–H and O–H groups in total. The Morgan fingerprint density at radius 1 is 1.47 bits per heavy atom. The highest BCUT2D eigenvalue weighted by molar-refractivity contribution is 5.75. The third kappa shape index (κ3) is 3.33. The van der Waals surface area contributed by atoms with Crippen molar-refractivity contribution >= 4 is 5.97 Å². The normalized spacial score (nSPS) is 15.9. The van der Waals surface area contributed by atoms with Crippen LogP contribution < -0.4 is 0 Å². The van der Waals surface area contributed by atoms with Crippen LogP contribution in [0.2, 0.25) is 0 Å². The quantitative estimate of drug-likeness (QED) is 0.759. The summed E-state index contributed by atoms with van der Waals surface area (Å²) in [5.74, 6) is -0.194. The Hall–Kier alpha value is -1.86. The first-order valence-corrected chi connectivity index (χ1v) is 6.48. The van der Waals surface area contributed by atoms with Gasteiger partial charge in [0.25, 0.3) is 0 Å². The molecule has 2 rings (SSSR count). The molecule has 4 heteroatoms. The standard InChI is InChI=1S/C15H18N2O2/c1-11(15(18)19-2)17(14-7-8-14)10-13-5-3-12(9-16)4-6-13/h3-6,11,14H,7-8,10H2,1-2H3/t11-/m0/s1. The number of nitrogens with zero attached hydrogens (tertiary/aromatic N) is 2. The second-order valence-electron chi connectivity index (χ2n) is 4.91. The van der Waals surface area contributed by atoms with Crippen LogP contribution in [0.5, 0.6) is 0 Å². The van der Waals surface area contributed by atoms with Crippen molar-refractivity contribution in [1.29, 1.82) is 5.26 Å². The van der Waals surface area contributed by atoms with E-state index in [9.17, 15) is 4.79 Å². The number of carbonyl (C=O) groups is 1. The SMILES string of the molecule is COC(=O)[C@H](C)N(Cc1ccc(C#N)cc1)C1CC1. The topological polar surface area (TPSA) is 53.3 Å². The molecule has 4 nitrogen and oxygen atoms in total. The van der Waals surface area contributed by atoms with Gasteiger partial charge < -0.3 is 4.74 Å². The second kappa shape index (κ2) is 5.85. The smallest absolute Gasteiger partial charge is 0.322 e. The largest absolute Gasteiger partial charge is 0.468 e. The first-order chi connectivity index (χ1) is 9.15. The van der Waals surface area contributed by atoms with Crippen molar-refractivity contribution in [3.05, 3.63) is 35.4 Å². The van der Waals surface area contributed by atoms with E-state index in [0.29, 0.717) is 18.2 Å². The fourth-order valence-electron chi connectivity index (χ4n) is 2.19. The van der Waals surface area contributed by atoms with Crippen molar-refractivity contribution in [3.63, 3.8) is 0 Å². The predicted octanol–water partition coefficient (Wildman–Crippen LogP) is 2.08.